The lowest BCUT2D eigenvalue weighted by Gasteiger charge is -2.45. The summed E-state index contributed by atoms with van der Waals surface area (Å²) in [6.45, 7) is 6.03. The fraction of sp³-hybridized carbons (Fsp3) is 0.226. The molecule has 3 aromatic rings. The molecule has 0 saturated carbocycles. The molecule has 1 atom stereocenters. The number of carbonyl (C=O) groups excluding carboxylic acids is 1. The van der Waals surface area contributed by atoms with Crippen LogP contribution in [0.1, 0.15) is 49.3 Å². The third-order valence-corrected chi connectivity index (χ3v) is 7.31. The van der Waals surface area contributed by atoms with Gasteiger partial charge in [0.05, 0.1) is 0 Å². The molecule has 3 aromatic carbocycles. The number of ketones is 1. The molecule has 0 amide bonds. The van der Waals surface area contributed by atoms with Crippen molar-refractivity contribution < 1.29 is 14.3 Å². The summed E-state index contributed by atoms with van der Waals surface area (Å²) in [5.74, 6) is -1.19. The minimum atomic E-state index is -0.719. The largest absolute Gasteiger partial charge is 0.507 e. The first-order chi connectivity index (χ1) is 17.6. The van der Waals surface area contributed by atoms with E-state index in [9.17, 15) is 19.7 Å². The monoisotopic (exact) mass is 514 g/mol. The van der Waals surface area contributed by atoms with E-state index in [1.165, 1.54) is 12.1 Å². The molecule has 37 heavy (non-hydrogen) atoms. The molecule has 1 unspecified atom stereocenters. The Morgan fingerprint density at radius 1 is 1.05 bits per heavy atom. The van der Waals surface area contributed by atoms with Crippen molar-refractivity contribution in [2.75, 3.05) is 4.90 Å². The van der Waals surface area contributed by atoms with Gasteiger partial charge < -0.3 is 5.11 Å². The van der Waals surface area contributed by atoms with E-state index >= 15 is 0 Å². The Labute approximate surface area is 221 Å². The van der Waals surface area contributed by atoms with Crippen LogP contribution in [-0.4, -0.2) is 16.7 Å². The molecule has 0 fully saturated rings. The molecule has 0 bridgehead atoms. The van der Waals surface area contributed by atoms with Crippen molar-refractivity contribution in [3.8, 4) is 0 Å². The zero-order valence-electron chi connectivity index (χ0n) is 21.0. The highest BCUT2D eigenvalue weighted by atomic mass is 35.5. The van der Waals surface area contributed by atoms with E-state index in [1.807, 2.05) is 39.0 Å². The van der Waals surface area contributed by atoms with Crippen molar-refractivity contribution >= 4 is 34.7 Å². The maximum absolute atomic E-state index is 13.9. The van der Waals surface area contributed by atoms with Crippen LogP contribution in [0.25, 0.3) is 5.76 Å². The summed E-state index contributed by atoms with van der Waals surface area (Å²) >= 11 is 6.34. The number of benzene rings is 3. The maximum Gasteiger partial charge on any atom is 0.162 e. The number of nitrogens with one attached hydrogen (secondary N) is 1. The van der Waals surface area contributed by atoms with Crippen molar-refractivity contribution in [2.24, 2.45) is 5.41 Å². The number of aliphatic hydroxyl groups is 1. The van der Waals surface area contributed by atoms with Gasteiger partial charge in [0, 0.05) is 45.5 Å². The molecule has 2 N–H and O–H groups in total. The standard InChI is InChI=1S/C31H28ClFN2O2/c1-18-7-9-20(10-8-18)29(37)28-26(19-11-13-22(33)14-12-19)27-24(16-31(2,3)17-25(27)36)35(30(28)34)23-6-4-5-21(32)15-23/h4-15,26,34,37H,16-17H2,1-3H3/b29-28+,34-30?. The number of aryl methyl sites for hydroxylation is 1. The van der Waals surface area contributed by atoms with E-state index in [0.29, 0.717) is 51.5 Å². The summed E-state index contributed by atoms with van der Waals surface area (Å²) in [4.78, 5) is 15.6. The quantitative estimate of drug-likeness (QED) is 0.348. The van der Waals surface area contributed by atoms with Crippen LogP contribution >= 0.6 is 11.6 Å². The van der Waals surface area contributed by atoms with Gasteiger partial charge in [0.2, 0.25) is 0 Å². The lowest BCUT2D eigenvalue weighted by atomic mass is 9.67. The van der Waals surface area contributed by atoms with Crippen LogP contribution in [0, 0.1) is 23.6 Å². The molecule has 0 spiro atoms. The summed E-state index contributed by atoms with van der Waals surface area (Å²) in [5.41, 5.74) is 4.07. The number of aliphatic hydroxyl groups excluding tert-OH is 1. The number of allylic oxidation sites excluding steroid dienone is 2. The second kappa shape index (κ2) is 9.31. The van der Waals surface area contributed by atoms with Gasteiger partial charge in [0.1, 0.15) is 17.4 Å². The normalized spacial score (nSPS) is 20.7. The van der Waals surface area contributed by atoms with E-state index < -0.39 is 11.7 Å². The van der Waals surface area contributed by atoms with Gasteiger partial charge in [-0.3, -0.25) is 15.1 Å². The van der Waals surface area contributed by atoms with Crippen molar-refractivity contribution in [1.82, 2.24) is 0 Å². The Bertz CT molecular complexity index is 1470. The fourth-order valence-corrected chi connectivity index (χ4v) is 5.55. The number of amidine groups is 1. The number of Topliss-reactive ketones (excluding diaryl/α,β-unsaturated/α-hetero) is 1. The van der Waals surface area contributed by atoms with Crippen LogP contribution in [0.3, 0.4) is 0 Å². The number of nitrogens with zero attached hydrogens (tertiary/aromatic N) is 1. The second-order valence-corrected chi connectivity index (χ2v) is 11.0. The summed E-state index contributed by atoms with van der Waals surface area (Å²) in [6, 6.07) is 20.5. The molecule has 1 heterocycles. The predicted octanol–water partition coefficient (Wildman–Crippen LogP) is 7.98. The first kappa shape index (κ1) is 25.0. The van der Waals surface area contributed by atoms with Gasteiger partial charge in [-0.2, -0.15) is 0 Å². The SMILES string of the molecule is Cc1ccc(/C(O)=C2\C(=N)N(c3cccc(Cl)c3)C3=C(C(=O)CC(C)(C)C3)C2c2ccc(F)cc2)cc1. The number of hydrogen-bond donors (Lipinski definition) is 2. The second-order valence-electron chi connectivity index (χ2n) is 10.6. The average molecular weight is 515 g/mol. The van der Waals surface area contributed by atoms with Crippen LogP contribution in [0.4, 0.5) is 10.1 Å². The van der Waals surface area contributed by atoms with E-state index in [0.717, 1.165) is 5.56 Å². The number of hydrogen-bond acceptors (Lipinski definition) is 3. The molecule has 2 aliphatic rings. The van der Waals surface area contributed by atoms with Crippen molar-refractivity contribution in [1.29, 1.82) is 5.41 Å². The molecule has 0 aromatic heterocycles. The van der Waals surface area contributed by atoms with Gasteiger partial charge in [-0.25, -0.2) is 4.39 Å². The van der Waals surface area contributed by atoms with E-state index in [1.54, 1.807) is 47.4 Å². The Morgan fingerprint density at radius 3 is 2.38 bits per heavy atom. The van der Waals surface area contributed by atoms with E-state index in [4.69, 9.17) is 11.6 Å². The number of carbonyl (C=O) groups is 1. The summed E-state index contributed by atoms with van der Waals surface area (Å²) in [7, 11) is 0. The Kier molecular flexibility index (Phi) is 6.28. The van der Waals surface area contributed by atoms with E-state index in [2.05, 4.69) is 0 Å². The van der Waals surface area contributed by atoms with Gasteiger partial charge in [0.25, 0.3) is 0 Å². The van der Waals surface area contributed by atoms with Gasteiger partial charge in [-0.15, -0.1) is 0 Å². The molecular formula is C31H28ClFN2O2. The van der Waals surface area contributed by atoms with Gasteiger partial charge >= 0.3 is 0 Å². The minimum absolute atomic E-state index is 0.0469. The Balaban J connectivity index is 1.85. The molecule has 6 heteroatoms. The van der Waals surface area contributed by atoms with Crippen molar-refractivity contribution in [2.45, 2.75) is 39.5 Å². The van der Waals surface area contributed by atoms with Gasteiger partial charge in [-0.1, -0.05) is 73.5 Å². The van der Waals surface area contributed by atoms with Crippen LogP contribution in [-0.2, 0) is 4.79 Å². The molecule has 0 saturated heterocycles. The highest BCUT2D eigenvalue weighted by Gasteiger charge is 2.46. The van der Waals surface area contributed by atoms with Crippen molar-refractivity contribution in [3.63, 3.8) is 0 Å². The fourth-order valence-electron chi connectivity index (χ4n) is 5.37. The lowest BCUT2D eigenvalue weighted by Crippen LogP contribution is -2.45. The van der Waals surface area contributed by atoms with Crippen molar-refractivity contribution in [3.05, 3.63) is 117 Å². The predicted molar refractivity (Wildman–Crippen MR) is 147 cm³/mol. The van der Waals surface area contributed by atoms with Crippen LogP contribution < -0.4 is 4.90 Å². The molecule has 188 valence electrons. The summed E-state index contributed by atoms with van der Waals surface area (Å²) in [6.07, 6.45) is 0.887. The van der Waals surface area contributed by atoms with Crippen LogP contribution in [0.5, 0.6) is 0 Å². The first-order valence-electron chi connectivity index (χ1n) is 12.2. The highest BCUT2D eigenvalue weighted by molar-refractivity contribution is 6.31. The highest BCUT2D eigenvalue weighted by Crippen LogP contribution is 2.51. The van der Waals surface area contributed by atoms with Crippen LogP contribution in [0.2, 0.25) is 5.02 Å². The zero-order valence-corrected chi connectivity index (χ0v) is 21.7. The topological polar surface area (TPSA) is 64.4 Å². The smallest absolute Gasteiger partial charge is 0.162 e. The van der Waals surface area contributed by atoms with Gasteiger partial charge in [-0.05, 0) is 54.7 Å². The zero-order chi connectivity index (χ0) is 26.5. The molecule has 4 nitrogen and oxygen atoms in total. The van der Waals surface area contributed by atoms with Crippen LogP contribution in [0.15, 0.2) is 89.6 Å². The molecule has 1 aliphatic carbocycles. The lowest BCUT2D eigenvalue weighted by molar-refractivity contribution is -0.118. The third kappa shape index (κ3) is 4.60. The molecule has 5 rings (SSSR count). The first-order valence-corrected chi connectivity index (χ1v) is 12.6. The minimum Gasteiger partial charge on any atom is -0.507 e. The molecule has 0 radical (unpaired) electrons. The molecule has 1 aliphatic heterocycles. The summed E-state index contributed by atoms with van der Waals surface area (Å²) < 4.78 is 13.9. The number of halogens is 2. The van der Waals surface area contributed by atoms with Gasteiger partial charge in [0.15, 0.2) is 5.78 Å². The molecular weight excluding hydrogens is 487 g/mol. The number of anilines is 1. The summed E-state index contributed by atoms with van der Waals surface area (Å²) in [5, 5.41) is 21.6. The van der Waals surface area contributed by atoms with E-state index in [-0.39, 0.29) is 22.8 Å². The Hall–Kier alpha value is -3.70. The maximum atomic E-state index is 13.9. The Morgan fingerprint density at radius 2 is 1.73 bits per heavy atom. The average Bonchev–Trinajstić information content (AvgIpc) is 2.83. The number of rotatable bonds is 3. The third-order valence-electron chi connectivity index (χ3n) is 7.07.